The third kappa shape index (κ3) is 2.19. The van der Waals surface area contributed by atoms with Gasteiger partial charge in [0.25, 0.3) is 0 Å². The summed E-state index contributed by atoms with van der Waals surface area (Å²) in [5.74, 6) is -0.769. The van der Waals surface area contributed by atoms with Crippen LogP contribution in [0.3, 0.4) is 0 Å². The number of hydrogen-bond acceptors (Lipinski definition) is 3. The van der Waals surface area contributed by atoms with E-state index >= 15 is 0 Å². The number of halogens is 2. The second kappa shape index (κ2) is 5.09. The maximum absolute atomic E-state index is 13.5. The number of amides is 1. The molecule has 1 aliphatic heterocycles. The molecular formula is C17H18F2N2O2. The Bertz CT molecular complexity index is 665. The van der Waals surface area contributed by atoms with Gasteiger partial charge in [-0.05, 0) is 48.8 Å². The number of nitrogens with zero attached hydrogens (tertiary/aromatic N) is 2. The van der Waals surface area contributed by atoms with Gasteiger partial charge >= 0.3 is 0 Å². The molecular weight excluding hydrogens is 302 g/mol. The second-order valence-electron chi connectivity index (χ2n) is 7.00. The Kier molecular flexibility index (Phi) is 3.27. The lowest BCUT2D eigenvalue weighted by molar-refractivity contribution is -0.148. The molecule has 4 aliphatic rings. The first-order valence-electron chi connectivity index (χ1n) is 7.95. The molecule has 2 unspecified atom stereocenters. The number of carbonyl (C=O) groups is 1. The minimum absolute atomic E-state index is 0.0758. The first-order chi connectivity index (χ1) is 11.0. The van der Waals surface area contributed by atoms with Crippen molar-refractivity contribution in [2.75, 3.05) is 6.61 Å². The van der Waals surface area contributed by atoms with Gasteiger partial charge in [0.2, 0.25) is 5.91 Å². The minimum Gasteiger partial charge on any atom is -0.396 e. The number of aliphatic hydroxyl groups is 1. The highest BCUT2D eigenvalue weighted by Gasteiger charge is 2.61. The van der Waals surface area contributed by atoms with Gasteiger partial charge in [-0.25, -0.2) is 13.8 Å². The zero-order valence-corrected chi connectivity index (χ0v) is 12.6. The van der Waals surface area contributed by atoms with Gasteiger partial charge in [0.1, 0.15) is 11.6 Å². The van der Waals surface area contributed by atoms with Crippen LogP contribution >= 0.6 is 0 Å². The van der Waals surface area contributed by atoms with Gasteiger partial charge in [0.15, 0.2) is 0 Å². The number of hydrogen-bond donors (Lipinski definition) is 1. The van der Waals surface area contributed by atoms with E-state index in [4.69, 9.17) is 0 Å². The standard InChI is InChI=1S/C17H18F2N2O2/c18-13-3-10(4-14(19)5-13)15-1-2-20-21(15)16(23)17-6-11(7-17)12(8-17)9-22/h2-5,11-12,15,22H,1,6-9H2. The lowest BCUT2D eigenvalue weighted by atomic mass is 9.68. The Hall–Kier alpha value is -1.82. The fourth-order valence-electron chi connectivity index (χ4n) is 4.49. The smallest absolute Gasteiger partial charge is 0.249 e. The summed E-state index contributed by atoms with van der Waals surface area (Å²) in [7, 11) is 0. The maximum atomic E-state index is 13.5. The summed E-state index contributed by atoms with van der Waals surface area (Å²) in [6, 6.07) is 2.89. The normalized spacial score (nSPS) is 34.7. The molecule has 0 saturated heterocycles. The first-order valence-corrected chi connectivity index (χ1v) is 7.95. The molecule has 2 atom stereocenters. The molecule has 1 amide bonds. The molecule has 5 rings (SSSR count). The van der Waals surface area contributed by atoms with Crippen LogP contribution in [0.1, 0.15) is 37.3 Å². The SMILES string of the molecule is O=C(N1N=CCC1c1cc(F)cc(F)c1)C12CC(CO)C(C1)C2. The number of aliphatic hydroxyl groups excluding tert-OH is 1. The van der Waals surface area contributed by atoms with Crippen molar-refractivity contribution in [3.05, 3.63) is 35.4 Å². The second-order valence-corrected chi connectivity index (χ2v) is 7.00. The van der Waals surface area contributed by atoms with Crippen molar-refractivity contribution in [1.29, 1.82) is 0 Å². The van der Waals surface area contributed by atoms with Crippen molar-refractivity contribution in [2.24, 2.45) is 22.4 Å². The summed E-state index contributed by atoms with van der Waals surface area (Å²) in [4.78, 5) is 13.0. The molecule has 1 aromatic rings. The fraction of sp³-hybridized carbons (Fsp3) is 0.529. The molecule has 2 bridgehead atoms. The fourth-order valence-corrected chi connectivity index (χ4v) is 4.49. The number of benzene rings is 1. The van der Waals surface area contributed by atoms with Crippen molar-refractivity contribution in [3.8, 4) is 0 Å². The molecule has 122 valence electrons. The summed E-state index contributed by atoms with van der Waals surface area (Å²) >= 11 is 0. The molecule has 3 fully saturated rings. The van der Waals surface area contributed by atoms with E-state index in [1.165, 1.54) is 17.1 Å². The highest BCUT2D eigenvalue weighted by Crippen LogP contribution is 2.62. The Morgan fingerprint density at radius 1 is 1.26 bits per heavy atom. The molecule has 1 aromatic carbocycles. The number of rotatable bonds is 3. The highest BCUT2D eigenvalue weighted by atomic mass is 19.1. The molecule has 6 heteroatoms. The molecule has 3 aliphatic carbocycles. The lowest BCUT2D eigenvalue weighted by Crippen LogP contribution is -2.45. The highest BCUT2D eigenvalue weighted by molar-refractivity contribution is 5.86. The topological polar surface area (TPSA) is 52.9 Å². The van der Waals surface area contributed by atoms with E-state index < -0.39 is 23.1 Å². The molecule has 0 radical (unpaired) electrons. The van der Waals surface area contributed by atoms with Crippen LogP contribution in [0.15, 0.2) is 23.3 Å². The molecule has 1 N–H and O–H groups in total. The largest absolute Gasteiger partial charge is 0.396 e. The average Bonchev–Trinajstić information content (AvgIpc) is 3.17. The quantitative estimate of drug-likeness (QED) is 0.931. The van der Waals surface area contributed by atoms with Gasteiger partial charge in [-0.3, -0.25) is 4.79 Å². The molecule has 0 spiro atoms. The summed E-state index contributed by atoms with van der Waals surface area (Å²) in [5, 5.41) is 14.9. The molecule has 3 saturated carbocycles. The van der Waals surface area contributed by atoms with Crippen LogP contribution < -0.4 is 0 Å². The minimum atomic E-state index is -0.651. The van der Waals surface area contributed by atoms with Crippen LogP contribution in [0.2, 0.25) is 0 Å². The predicted molar refractivity (Wildman–Crippen MR) is 79.4 cm³/mol. The van der Waals surface area contributed by atoms with Crippen LogP contribution in [-0.2, 0) is 4.79 Å². The maximum Gasteiger partial charge on any atom is 0.249 e. The molecule has 0 aromatic heterocycles. The van der Waals surface area contributed by atoms with Crippen LogP contribution in [0.25, 0.3) is 0 Å². The van der Waals surface area contributed by atoms with E-state index in [-0.39, 0.29) is 18.4 Å². The van der Waals surface area contributed by atoms with Crippen molar-refractivity contribution >= 4 is 12.1 Å². The van der Waals surface area contributed by atoms with Gasteiger partial charge in [0.05, 0.1) is 11.5 Å². The van der Waals surface area contributed by atoms with E-state index in [0.29, 0.717) is 24.3 Å². The summed E-state index contributed by atoms with van der Waals surface area (Å²) in [6.07, 6.45) is 4.33. The van der Waals surface area contributed by atoms with Crippen LogP contribution in [0.5, 0.6) is 0 Å². The average molecular weight is 320 g/mol. The zero-order chi connectivity index (χ0) is 16.2. The third-order valence-corrected chi connectivity index (χ3v) is 5.62. The van der Waals surface area contributed by atoms with E-state index in [0.717, 1.165) is 18.9 Å². The van der Waals surface area contributed by atoms with Crippen molar-refractivity contribution in [3.63, 3.8) is 0 Å². The van der Waals surface area contributed by atoms with Crippen molar-refractivity contribution in [2.45, 2.75) is 31.7 Å². The Balaban J connectivity index is 1.59. The summed E-state index contributed by atoms with van der Waals surface area (Å²) in [6.45, 7) is 0.113. The van der Waals surface area contributed by atoms with E-state index in [9.17, 15) is 18.7 Å². The summed E-state index contributed by atoms with van der Waals surface area (Å²) in [5.41, 5.74) is -0.0125. The zero-order valence-electron chi connectivity index (χ0n) is 12.6. The Morgan fingerprint density at radius 2 is 1.96 bits per heavy atom. The van der Waals surface area contributed by atoms with E-state index in [1.807, 2.05) is 0 Å². The van der Waals surface area contributed by atoms with Crippen LogP contribution in [0, 0.1) is 28.9 Å². The van der Waals surface area contributed by atoms with Crippen molar-refractivity contribution < 1.29 is 18.7 Å². The Morgan fingerprint density at radius 3 is 2.57 bits per heavy atom. The van der Waals surface area contributed by atoms with Gasteiger partial charge in [-0.1, -0.05) is 0 Å². The van der Waals surface area contributed by atoms with Gasteiger partial charge in [0, 0.05) is 25.3 Å². The van der Waals surface area contributed by atoms with Gasteiger partial charge < -0.3 is 5.11 Å². The van der Waals surface area contributed by atoms with Gasteiger partial charge in [-0.2, -0.15) is 5.10 Å². The molecule has 1 heterocycles. The number of hydrazone groups is 1. The third-order valence-electron chi connectivity index (χ3n) is 5.62. The van der Waals surface area contributed by atoms with Gasteiger partial charge in [-0.15, -0.1) is 0 Å². The first kappa shape index (κ1) is 14.8. The predicted octanol–water partition coefficient (Wildman–Crippen LogP) is 2.63. The monoisotopic (exact) mass is 320 g/mol. The molecule has 23 heavy (non-hydrogen) atoms. The Labute approximate surface area is 132 Å². The summed E-state index contributed by atoms with van der Waals surface area (Å²) < 4.78 is 27.0. The number of fused-ring (bicyclic) bond motifs is 1. The number of carbonyl (C=O) groups excluding carboxylic acids is 1. The van der Waals surface area contributed by atoms with Crippen molar-refractivity contribution in [1.82, 2.24) is 5.01 Å². The lowest BCUT2D eigenvalue weighted by Gasteiger charge is -2.40. The molecule has 4 nitrogen and oxygen atoms in total. The van der Waals surface area contributed by atoms with E-state index in [2.05, 4.69) is 5.10 Å². The van der Waals surface area contributed by atoms with Crippen LogP contribution in [-0.4, -0.2) is 28.8 Å². The van der Waals surface area contributed by atoms with E-state index in [1.54, 1.807) is 6.21 Å². The van der Waals surface area contributed by atoms with Crippen LogP contribution in [0.4, 0.5) is 8.78 Å².